The number of hydrogen-bond acceptors (Lipinski definition) is 2. The molecule has 0 spiro atoms. The lowest BCUT2D eigenvalue weighted by Crippen LogP contribution is -2.34. The number of rotatable bonds is 4. The fourth-order valence-electron chi connectivity index (χ4n) is 2.06. The maximum atomic E-state index is 11.1. The van der Waals surface area contributed by atoms with Crippen molar-refractivity contribution in [1.29, 1.82) is 0 Å². The van der Waals surface area contributed by atoms with E-state index in [4.69, 9.17) is 4.74 Å². The van der Waals surface area contributed by atoms with Gasteiger partial charge >= 0.3 is 0 Å². The van der Waals surface area contributed by atoms with Crippen molar-refractivity contribution in [3.63, 3.8) is 0 Å². The minimum atomic E-state index is -0.0962. The van der Waals surface area contributed by atoms with E-state index in [1.807, 2.05) is 0 Å². The number of hydrogen-bond donors (Lipinski definition) is 0. The molecule has 0 atom stereocenters. The second kappa shape index (κ2) is 4.63. The fourth-order valence-corrected chi connectivity index (χ4v) is 2.06. The molecule has 0 aliphatic heterocycles. The Bertz CT molecular complexity index is 224. The SMILES string of the molecule is C=C(OC1(CC)CCCCC1)C(C)=O. The van der Waals surface area contributed by atoms with Crippen LogP contribution in [0.15, 0.2) is 12.3 Å². The van der Waals surface area contributed by atoms with Crippen molar-refractivity contribution in [2.45, 2.75) is 58.0 Å². The molecule has 0 unspecified atom stereocenters. The summed E-state index contributed by atoms with van der Waals surface area (Å²) in [6.07, 6.45) is 6.81. The van der Waals surface area contributed by atoms with E-state index in [1.165, 1.54) is 26.2 Å². The lowest BCUT2D eigenvalue weighted by Gasteiger charge is -2.37. The quantitative estimate of drug-likeness (QED) is 0.509. The number of carbonyl (C=O) groups excluding carboxylic acids is 1. The molecule has 1 aliphatic carbocycles. The zero-order chi connectivity index (χ0) is 10.6. The Morgan fingerprint density at radius 1 is 1.36 bits per heavy atom. The lowest BCUT2D eigenvalue weighted by atomic mass is 9.82. The van der Waals surface area contributed by atoms with Gasteiger partial charge in [0.25, 0.3) is 0 Å². The van der Waals surface area contributed by atoms with E-state index in [1.54, 1.807) is 0 Å². The zero-order valence-electron chi connectivity index (χ0n) is 9.27. The number of allylic oxidation sites excluding steroid dienone is 1. The monoisotopic (exact) mass is 196 g/mol. The maximum absolute atomic E-state index is 11.1. The first-order valence-electron chi connectivity index (χ1n) is 5.48. The Morgan fingerprint density at radius 2 is 1.93 bits per heavy atom. The van der Waals surface area contributed by atoms with Crippen LogP contribution >= 0.6 is 0 Å². The average molecular weight is 196 g/mol. The molecule has 0 aromatic heterocycles. The second-order valence-corrected chi connectivity index (χ2v) is 4.18. The van der Waals surface area contributed by atoms with Crippen molar-refractivity contribution in [2.24, 2.45) is 0 Å². The first-order chi connectivity index (χ1) is 6.59. The highest BCUT2D eigenvalue weighted by atomic mass is 16.5. The molecule has 1 aliphatic rings. The highest BCUT2D eigenvalue weighted by Crippen LogP contribution is 2.35. The molecule has 80 valence electrons. The van der Waals surface area contributed by atoms with Gasteiger partial charge in [0.2, 0.25) is 0 Å². The number of Topliss-reactive ketones (excluding diaryl/α,β-unsaturated/α-hetero) is 1. The Morgan fingerprint density at radius 3 is 2.36 bits per heavy atom. The molecule has 0 aromatic rings. The predicted octanol–water partition coefficient (Wildman–Crippen LogP) is 3.22. The summed E-state index contributed by atoms with van der Waals surface area (Å²) in [7, 11) is 0. The van der Waals surface area contributed by atoms with Crippen molar-refractivity contribution < 1.29 is 9.53 Å². The van der Waals surface area contributed by atoms with Gasteiger partial charge in [0.1, 0.15) is 5.60 Å². The predicted molar refractivity (Wildman–Crippen MR) is 57.0 cm³/mol. The van der Waals surface area contributed by atoms with E-state index in [-0.39, 0.29) is 11.4 Å². The van der Waals surface area contributed by atoms with Crippen LogP contribution in [0.2, 0.25) is 0 Å². The van der Waals surface area contributed by atoms with E-state index in [2.05, 4.69) is 13.5 Å². The third kappa shape index (κ3) is 2.60. The van der Waals surface area contributed by atoms with Gasteiger partial charge in [-0.25, -0.2) is 0 Å². The number of ether oxygens (including phenoxy) is 1. The average Bonchev–Trinajstić information content (AvgIpc) is 2.19. The highest BCUT2D eigenvalue weighted by Gasteiger charge is 2.33. The molecule has 1 fully saturated rings. The van der Waals surface area contributed by atoms with Crippen LogP contribution in [0.1, 0.15) is 52.4 Å². The van der Waals surface area contributed by atoms with E-state index >= 15 is 0 Å². The van der Waals surface area contributed by atoms with Gasteiger partial charge in [-0.2, -0.15) is 0 Å². The van der Waals surface area contributed by atoms with Crippen LogP contribution < -0.4 is 0 Å². The number of carbonyl (C=O) groups is 1. The molecule has 0 bridgehead atoms. The summed E-state index contributed by atoms with van der Waals surface area (Å²) >= 11 is 0. The molecule has 14 heavy (non-hydrogen) atoms. The Kier molecular flexibility index (Phi) is 3.73. The van der Waals surface area contributed by atoms with Gasteiger partial charge in [-0.3, -0.25) is 4.79 Å². The maximum Gasteiger partial charge on any atom is 0.193 e. The van der Waals surface area contributed by atoms with Gasteiger partial charge in [-0.15, -0.1) is 0 Å². The summed E-state index contributed by atoms with van der Waals surface area (Å²) in [6.45, 7) is 7.30. The first-order valence-corrected chi connectivity index (χ1v) is 5.48. The smallest absolute Gasteiger partial charge is 0.193 e. The highest BCUT2D eigenvalue weighted by molar-refractivity contribution is 5.90. The second-order valence-electron chi connectivity index (χ2n) is 4.18. The van der Waals surface area contributed by atoms with Crippen LogP contribution in [0.3, 0.4) is 0 Å². The molecule has 0 saturated heterocycles. The van der Waals surface area contributed by atoms with Crippen molar-refractivity contribution in [2.75, 3.05) is 0 Å². The molecule has 1 saturated carbocycles. The fraction of sp³-hybridized carbons (Fsp3) is 0.750. The van der Waals surface area contributed by atoms with Crippen LogP contribution in [0.25, 0.3) is 0 Å². The number of ketones is 1. The largest absolute Gasteiger partial charge is 0.484 e. The third-order valence-electron chi connectivity index (χ3n) is 3.14. The van der Waals surface area contributed by atoms with Gasteiger partial charge in [-0.05, 0) is 32.1 Å². The Balaban J connectivity index is 2.60. The van der Waals surface area contributed by atoms with E-state index in [0.29, 0.717) is 5.76 Å². The summed E-state index contributed by atoms with van der Waals surface area (Å²) in [5.41, 5.74) is -0.0962. The van der Waals surface area contributed by atoms with Gasteiger partial charge in [0, 0.05) is 6.92 Å². The molecule has 0 heterocycles. The Hall–Kier alpha value is -0.790. The first kappa shape index (κ1) is 11.3. The molecular formula is C12H20O2. The molecule has 0 amide bonds. The zero-order valence-corrected chi connectivity index (χ0v) is 9.27. The van der Waals surface area contributed by atoms with Crippen LogP contribution in [0, 0.1) is 0 Å². The molecular weight excluding hydrogens is 176 g/mol. The third-order valence-corrected chi connectivity index (χ3v) is 3.14. The summed E-state index contributed by atoms with van der Waals surface area (Å²) in [5, 5.41) is 0. The minimum absolute atomic E-state index is 0.0524. The van der Waals surface area contributed by atoms with Crippen molar-refractivity contribution in [1.82, 2.24) is 0 Å². The molecule has 0 N–H and O–H groups in total. The van der Waals surface area contributed by atoms with Crippen LogP contribution in [-0.4, -0.2) is 11.4 Å². The Labute approximate surface area is 86.3 Å². The van der Waals surface area contributed by atoms with E-state index in [0.717, 1.165) is 19.3 Å². The van der Waals surface area contributed by atoms with Crippen LogP contribution in [-0.2, 0) is 9.53 Å². The minimum Gasteiger partial charge on any atom is -0.484 e. The lowest BCUT2D eigenvalue weighted by molar-refractivity contribution is -0.122. The van der Waals surface area contributed by atoms with Gasteiger partial charge in [0.15, 0.2) is 11.5 Å². The van der Waals surface area contributed by atoms with Crippen molar-refractivity contribution >= 4 is 5.78 Å². The molecule has 0 aromatic carbocycles. The van der Waals surface area contributed by atoms with Crippen LogP contribution in [0.4, 0.5) is 0 Å². The van der Waals surface area contributed by atoms with Gasteiger partial charge in [-0.1, -0.05) is 19.9 Å². The summed E-state index contributed by atoms with van der Waals surface area (Å²) in [6, 6.07) is 0. The normalized spacial score (nSPS) is 20.1. The van der Waals surface area contributed by atoms with Gasteiger partial charge in [0.05, 0.1) is 0 Å². The summed E-state index contributed by atoms with van der Waals surface area (Å²) in [4.78, 5) is 11.1. The van der Waals surface area contributed by atoms with Gasteiger partial charge < -0.3 is 4.74 Å². The van der Waals surface area contributed by atoms with E-state index in [9.17, 15) is 4.79 Å². The summed E-state index contributed by atoms with van der Waals surface area (Å²) < 4.78 is 5.75. The summed E-state index contributed by atoms with van der Waals surface area (Å²) in [5.74, 6) is 0.275. The van der Waals surface area contributed by atoms with Crippen molar-refractivity contribution in [3.05, 3.63) is 12.3 Å². The van der Waals surface area contributed by atoms with Crippen molar-refractivity contribution in [3.8, 4) is 0 Å². The molecule has 2 heteroatoms. The molecule has 2 nitrogen and oxygen atoms in total. The molecule has 0 radical (unpaired) electrons. The molecule has 1 rings (SSSR count). The van der Waals surface area contributed by atoms with Crippen LogP contribution in [0.5, 0.6) is 0 Å². The van der Waals surface area contributed by atoms with E-state index < -0.39 is 0 Å². The topological polar surface area (TPSA) is 26.3 Å². The standard InChI is InChI=1S/C12H20O2/c1-4-12(8-6-5-7-9-12)14-11(3)10(2)13/h3-9H2,1-2H3.